The number of carbonyl (C=O) groups excluding carboxylic acids is 1. The van der Waals surface area contributed by atoms with E-state index in [1.54, 1.807) is 24.3 Å². The average molecular weight is 339 g/mol. The summed E-state index contributed by atoms with van der Waals surface area (Å²) in [6, 6.07) is 8.44. The number of alkyl halides is 3. The smallest absolute Gasteiger partial charge is 0.453 e. The van der Waals surface area contributed by atoms with Crippen LogP contribution in [0.2, 0.25) is 0 Å². The zero-order valence-electron chi connectivity index (χ0n) is 12.2. The van der Waals surface area contributed by atoms with Crippen molar-refractivity contribution in [1.82, 2.24) is 20.5 Å². The van der Waals surface area contributed by atoms with Gasteiger partial charge in [-0.15, -0.1) is 5.10 Å². The molecular weight excluding hydrogens is 327 g/mol. The summed E-state index contributed by atoms with van der Waals surface area (Å²) in [6.45, 7) is -0.310. The van der Waals surface area contributed by atoms with E-state index in [0.29, 0.717) is 11.3 Å². The molecule has 0 saturated heterocycles. The molecule has 1 amide bonds. The third kappa shape index (κ3) is 4.98. The quantitative estimate of drug-likeness (QED) is 0.832. The lowest BCUT2D eigenvalue weighted by atomic mass is 10.1. The molecule has 2 rings (SSSR count). The first kappa shape index (κ1) is 17.3. The van der Waals surface area contributed by atoms with E-state index in [2.05, 4.69) is 20.5 Å². The van der Waals surface area contributed by atoms with E-state index in [-0.39, 0.29) is 25.4 Å². The first-order valence-electron chi connectivity index (χ1n) is 6.72. The van der Waals surface area contributed by atoms with Crippen LogP contribution < -0.4 is 10.1 Å². The third-order valence-corrected chi connectivity index (χ3v) is 2.80. The van der Waals surface area contributed by atoms with Crippen LogP contribution in [0.15, 0.2) is 24.3 Å². The van der Waals surface area contributed by atoms with Crippen LogP contribution in [0.3, 0.4) is 0 Å². The maximum Gasteiger partial charge on any atom is 0.453 e. The Morgan fingerprint density at radius 1 is 1.42 bits per heavy atom. The molecular formula is C14H12F3N5O2. The number of nitrogens with one attached hydrogen (secondary N) is 2. The number of hydrogen-bond donors (Lipinski definition) is 2. The van der Waals surface area contributed by atoms with Crippen LogP contribution in [0.25, 0.3) is 0 Å². The largest absolute Gasteiger partial charge is 0.479 e. The molecule has 0 radical (unpaired) electrons. The van der Waals surface area contributed by atoms with Gasteiger partial charge in [0.2, 0.25) is 5.91 Å². The topological polar surface area (TPSA) is 104 Å². The summed E-state index contributed by atoms with van der Waals surface area (Å²) in [4.78, 5) is 15.1. The van der Waals surface area contributed by atoms with E-state index < -0.39 is 17.9 Å². The van der Waals surface area contributed by atoms with Crippen molar-refractivity contribution >= 4 is 5.91 Å². The molecule has 0 bridgehead atoms. The highest BCUT2D eigenvalue weighted by molar-refractivity contribution is 5.78. The van der Waals surface area contributed by atoms with Gasteiger partial charge >= 0.3 is 6.18 Å². The summed E-state index contributed by atoms with van der Waals surface area (Å²) in [7, 11) is 0. The van der Waals surface area contributed by atoms with Gasteiger partial charge in [0.1, 0.15) is 17.6 Å². The minimum absolute atomic E-state index is 0.00399. The molecule has 10 heteroatoms. The number of nitrogens with zero attached hydrogens (tertiary/aromatic N) is 3. The number of benzene rings is 1. The first-order chi connectivity index (χ1) is 11.4. The van der Waals surface area contributed by atoms with E-state index >= 15 is 0 Å². The third-order valence-electron chi connectivity index (χ3n) is 2.80. The van der Waals surface area contributed by atoms with E-state index in [1.807, 2.05) is 6.07 Å². The maximum atomic E-state index is 12.3. The minimum Gasteiger partial charge on any atom is -0.479 e. The molecule has 2 aromatic rings. The lowest BCUT2D eigenvalue weighted by Crippen LogP contribution is -2.25. The molecule has 0 atom stereocenters. The SMILES string of the molecule is N#CCOc1cccc(CC(=O)NCc2nc(C(F)(F)F)n[nH]2)c1. The van der Waals surface area contributed by atoms with Crippen molar-refractivity contribution in [3.05, 3.63) is 41.5 Å². The molecule has 1 aromatic heterocycles. The van der Waals surface area contributed by atoms with Gasteiger partial charge in [-0.05, 0) is 17.7 Å². The Hall–Kier alpha value is -3.09. The van der Waals surface area contributed by atoms with Crippen molar-refractivity contribution < 1.29 is 22.7 Å². The number of aromatic amines is 1. The number of hydrogen-bond acceptors (Lipinski definition) is 5. The van der Waals surface area contributed by atoms with Crippen molar-refractivity contribution in [3.63, 3.8) is 0 Å². The molecule has 24 heavy (non-hydrogen) atoms. The zero-order valence-corrected chi connectivity index (χ0v) is 12.2. The van der Waals surface area contributed by atoms with Crippen LogP contribution >= 0.6 is 0 Å². The number of halogens is 3. The number of aromatic nitrogens is 3. The van der Waals surface area contributed by atoms with Crippen LogP contribution in [0, 0.1) is 11.3 Å². The minimum atomic E-state index is -4.64. The summed E-state index contributed by atoms with van der Waals surface area (Å²) in [5, 5.41) is 16.0. The van der Waals surface area contributed by atoms with Crippen LogP contribution in [-0.4, -0.2) is 27.7 Å². The summed E-state index contributed by atoms with van der Waals surface area (Å²) < 4.78 is 42.2. The van der Waals surface area contributed by atoms with Crippen LogP contribution in [-0.2, 0) is 23.9 Å². The number of rotatable bonds is 6. The summed E-state index contributed by atoms with van der Waals surface area (Å²) in [6.07, 6.45) is -4.63. The second kappa shape index (κ2) is 7.45. The molecule has 0 fully saturated rings. The van der Waals surface area contributed by atoms with E-state index in [9.17, 15) is 18.0 Å². The number of amides is 1. The molecule has 1 aromatic carbocycles. The van der Waals surface area contributed by atoms with E-state index in [4.69, 9.17) is 10.00 Å². The lowest BCUT2D eigenvalue weighted by molar-refractivity contribution is -0.144. The van der Waals surface area contributed by atoms with Gasteiger partial charge in [-0.1, -0.05) is 12.1 Å². The van der Waals surface area contributed by atoms with Crippen LogP contribution in [0.4, 0.5) is 13.2 Å². The highest BCUT2D eigenvalue weighted by Gasteiger charge is 2.35. The second-order valence-corrected chi connectivity index (χ2v) is 4.65. The molecule has 1 heterocycles. The Labute approximate surface area is 134 Å². The van der Waals surface area contributed by atoms with Gasteiger partial charge < -0.3 is 10.1 Å². The average Bonchev–Trinajstić information content (AvgIpc) is 3.00. The van der Waals surface area contributed by atoms with Crippen molar-refractivity contribution in [2.24, 2.45) is 0 Å². The number of H-pyrrole nitrogens is 1. The van der Waals surface area contributed by atoms with Crippen molar-refractivity contribution in [2.75, 3.05) is 6.61 Å². The normalized spacial score (nSPS) is 10.9. The van der Waals surface area contributed by atoms with Crippen molar-refractivity contribution in [1.29, 1.82) is 5.26 Å². The van der Waals surface area contributed by atoms with Crippen LogP contribution in [0.5, 0.6) is 5.75 Å². The molecule has 7 nitrogen and oxygen atoms in total. The van der Waals surface area contributed by atoms with Crippen molar-refractivity contribution in [2.45, 2.75) is 19.1 Å². The molecule has 0 unspecified atom stereocenters. The molecule has 0 aliphatic heterocycles. The Morgan fingerprint density at radius 2 is 2.21 bits per heavy atom. The molecule has 0 saturated carbocycles. The van der Waals surface area contributed by atoms with Gasteiger partial charge in [0.25, 0.3) is 5.82 Å². The Bertz CT molecular complexity index is 751. The highest BCUT2D eigenvalue weighted by atomic mass is 19.4. The van der Waals surface area contributed by atoms with E-state index in [1.165, 1.54) is 0 Å². The molecule has 2 N–H and O–H groups in total. The predicted octanol–water partition coefficient (Wildman–Crippen LogP) is 1.58. The van der Waals surface area contributed by atoms with Gasteiger partial charge in [0, 0.05) is 0 Å². The molecule has 0 aliphatic rings. The Kier molecular flexibility index (Phi) is 5.36. The number of carbonyl (C=O) groups is 1. The molecule has 0 aliphatic carbocycles. The fourth-order valence-electron chi connectivity index (χ4n) is 1.79. The number of ether oxygens (including phenoxy) is 1. The van der Waals surface area contributed by atoms with E-state index in [0.717, 1.165) is 0 Å². The predicted molar refractivity (Wildman–Crippen MR) is 74.5 cm³/mol. The maximum absolute atomic E-state index is 12.3. The highest BCUT2D eigenvalue weighted by Crippen LogP contribution is 2.25. The van der Waals surface area contributed by atoms with Crippen LogP contribution in [0.1, 0.15) is 17.2 Å². The Morgan fingerprint density at radius 3 is 2.88 bits per heavy atom. The lowest BCUT2D eigenvalue weighted by Gasteiger charge is -2.06. The van der Waals surface area contributed by atoms with Gasteiger partial charge in [0.15, 0.2) is 6.61 Å². The Balaban J connectivity index is 1.87. The second-order valence-electron chi connectivity index (χ2n) is 4.65. The summed E-state index contributed by atoms with van der Waals surface area (Å²) in [5.74, 6) is -1.33. The van der Waals surface area contributed by atoms with Crippen molar-refractivity contribution in [3.8, 4) is 11.8 Å². The summed E-state index contributed by atoms with van der Waals surface area (Å²) >= 11 is 0. The fraction of sp³-hybridized carbons (Fsp3) is 0.286. The first-order valence-corrected chi connectivity index (χ1v) is 6.72. The summed E-state index contributed by atoms with van der Waals surface area (Å²) in [5.41, 5.74) is 0.636. The number of nitriles is 1. The van der Waals surface area contributed by atoms with Gasteiger partial charge in [0.05, 0.1) is 13.0 Å². The molecule has 0 spiro atoms. The van der Waals surface area contributed by atoms with Gasteiger partial charge in [-0.25, -0.2) is 4.98 Å². The van der Waals surface area contributed by atoms with Gasteiger partial charge in [-0.3, -0.25) is 9.89 Å². The van der Waals surface area contributed by atoms with Gasteiger partial charge in [-0.2, -0.15) is 18.4 Å². The molecule has 126 valence electrons. The zero-order chi connectivity index (χ0) is 17.6. The monoisotopic (exact) mass is 339 g/mol. The fourth-order valence-corrected chi connectivity index (χ4v) is 1.79. The standard InChI is InChI=1S/C14H12F3N5O2/c15-14(16,17)13-20-11(21-22-13)8-19-12(23)7-9-2-1-3-10(6-9)24-5-4-18/h1-3,6H,5,7-8H2,(H,19,23)(H,20,21,22).